The number of rotatable bonds is 9. The van der Waals surface area contributed by atoms with Crippen molar-refractivity contribution in [3.05, 3.63) is 76.4 Å². The molecule has 150 valence electrons. The van der Waals surface area contributed by atoms with E-state index in [-0.39, 0.29) is 28.8 Å². The van der Waals surface area contributed by atoms with Gasteiger partial charge in [0, 0.05) is 6.20 Å². The fraction of sp³-hybridized carbons (Fsp3) is 0.118. The number of hydrogen-bond acceptors (Lipinski definition) is 9. The Bertz CT molecular complexity index is 957. The number of carbonyl (C=O) groups excluding carboxylic acids is 2. The molecule has 3 N–H and O–H groups in total. The Hall–Kier alpha value is -3.93. The van der Waals surface area contributed by atoms with Crippen LogP contribution in [0.15, 0.2) is 63.6 Å². The van der Waals surface area contributed by atoms with Crippen LogP contribution < -0.4 is 16.0 Å². The summed E-state index contributed by atoms with van der Waals surface area (Å²) in [4.78, 5) is 39.0. The van der Waals surface area contributed by atoms with Gasteiger partial charge in [0.25, 0.3) is 11.8 Å². The second kappa shape index (κ2) is 9.32. The standard InChI is InChI=1S/C17H15N5O6S/c23-15(18-7-11-3-1-5-27-11)13(16(24)19-8-12-4-2-6-28-12)9-20-17-21-10-14(29-17)22(25)26/h1-6,9-10H,7-8H2,(H,18,23)(H,19,24)(H,20,21). The predicted molar refractivity (Wildman–Crippen MR) is 102 cm³/mol. The average Bonchev–Trinajstić information content (AvgIpc) is 3.47. The zero-order valence-electron chi connectivity index (χ0n) is 14.8. The molecule has 11 nitrogen and oxygen atoms in total. The number of thiazole rings is 1. The van der Waals surface area contributed by atoms with E-state index in [4.69, 9.17) is 8.83 Å². The monoisotopic (exact) mass is 417 g/mol. The van der Waals surface area contributed by atoms with Gasteiger partial charge >= 0.3 is 5.00 Å². The van der Waals surface area contributed by atoms with Crippen LogP contribution in [-0.2, 0) is 22.7 Å². The van der Waals surface area contributed by atoms with Crippen molar-refractivity contribution in [3.8, 4) is 0 Å². The minimum absolute atomic E-state index is 0.0807. The van der Waals surface area contributed by atoms with Crippen LogP contribution in [0.5, 0.6) is 0 Å². The average molecular weight is 417 g/mol. The van der Waals surface area contributed by atoms with Gasteiger partial charge in [0.15, 0.2) is 5.13 Å². The molecule has 0 fully saturated rings. The van der Waals surface area contributed by atoms with Crippen LogP contribution in [0, 0.1) is 10.1 Å². The molecule has 3 aromatic heterocycles. The van der Waals surface area contributed by atoms with Crippen LogP contribution in [0.2, 0.25) is 0 Å². The Kier molecular flexibility index (Phi) is 6.37. The fourth-order valence-electron chi connectivity index (χ4n) is 2.14. The third kappa shape index (κ3) is 5.52. The van der Waals surface area contributed by atoms with Crippen LogP contribution in [0.4, 0.5) is 10.1 Å². The number of nitro groups is 1. The number of amides is 2. The number of carbonyl (C=O) groups is 2. The first-order chi connectivity index (χ1) is 14.0. The summed E-state index contributed by atoms with van der Waals surface area (Å²) >= 11 is 0.770. The largest absolute Gasteiger partial charge is 0.467 e. The maximum atomic E-state index is 12.5. The van der Waals surface area contributed by atoms with Gasteiger partial charge < -0.3 is 24.8 Å². The lowest BCUT2D eigenvalue weighted by atomic mass is 10.2. The molecule has 29 heavy (non-hydrogen) atoms. The summed E-state index contributed by atoms with van der Waals surface area (Å²) in [5.74, 6) is -0.316. The Morgan fingerprint density at radius 3 is 2.14 bits per heavy atom. The number of hydrogen-bond donors (Lipinski definition) is 3. The van der Waals surface area contributed by atoms with Crippen molar-refractivity contribution in [3.63, 3.8) is 0 Å². The molecule has 0 aliphatic rings. The highest BCUT2D eigenvalue weighted by Gasteiger charge is 2.19. The molecule has 0 aliphatic heterocycles. The molecule has 0 aliphatic carbocycles. The van der Waals surface area contributed by atoms with Crippen molar-refractivity contribution >= 4 is 33.3 Å². The molecule has 3 heterocycles. The summed E-state index contributed by atoms with van der Waals surface area (Å²) < 4.78 is 10.3. The lowest BCUT2D eigenvalue weighted by Gasteiger charge is -2.09. The molecule has 0 unspecified atom stereocenters. The third-order valence-corrected chi connectivity index (χ3v) is 4.39. The van der Waals surface area contributed by atoms with Gasteiger partial charge in [0.05, 0.1) is 30.5 Å². The second-order valence-corrected chi connectivity index (χ2v) is 6.50. The van der Waals surface area contributed by atoms with Gasteiger partial charge in [-0.15, -0.1) is 0 Å². The lowest BCUT2D eigenvalue weighted by molar-refractivity contribution is -0.380. The van der Waals surface area contributed by atoms with Crippen molar-refractivity contribution < 1.29 is 23.3 Å². The first kappa shape index (κ1) is 19.8. The number of furan rings is 2. The molecule has 2 amide bonds. The van der Waals surface area contributed by atoms with Gasteiger partial charge in [-0.25, -0.2) is 4.98 Å². The van der Waals surface area contributed by atoms with E-state index in [1.54, 1.807) is 24.3 Å². The first-order valence-corrected chi connectivity index (χ1v) is 9.02. The van der Waals surface area contributed by atoms with E-state index in [0.717, 1.165) is 23.7 Å². The molecular formula is C17H15N5O6S. The van der Waals surface area contributed by atoms with Crippen molar-refractivity contribution in [1.29, 1.82) is 0 Å². The van der Waals surface area contributed by atoms with E-state index in [2.05, 4.69) is 20.9 Å². The van der Waals surface area contributed by atoms with Crippen LogP contribution in [0.25, 0.3) is 0 Å². The molecule has 0 atom stereocenters. The molecular weight excluding hydrogens is 402 g/mol. The summed E-state index contributed by atoms with van der Waals surface area (Å²) in [5, 5.41) is 18.5. The Labute approximate surface area is 167 Å². The smallest absolute Gasteiger partial charge is 0.345 e. The zero-order chi connectivity index (χ0) is 20.6. The van der Waals surface area contributed by atoms with Crippen LogP contribution in [0.3, 0.4) is 0 Å². The van der Waals surface area contributed by atoms with Crippen molar-refractivity contribution in [1.82, 2.24) is 15.6 Å². The molecule has 3 aromatic rings. The Morgan fingerprint density at radius 2 is 1.69 bits per heavy atom. The molecule has 0 bridgehead atoms. The number of aromatic nitrogens is 1. The number of anilines is 1. The normalized spacial score (nSPS) is 10.2. The molecule has 0 spiro atoms. The minimum atomic E-state index is -0.670. The van der Waals surface area contributed by atoms with Gasteiger partial charge in [0.1, 0.15) is 23.3 Å². The van der Waals surface area contributed by atoms with Gasteiger partial charge in [-0.05, 0) is 35.6 Å². The highest BCUT2D eigenvalue weighted by atomic mass is 32.1. The second-order valence-electron chi connectivity index (χ2n) is 5.49. The van der Waals surface area contributed by atoms with Crippen LogP contribution >= 0.6 is 11.3 Å². The molecule has 0 saturated carbocycles. The van der Waals surface area contributed by atoms with Crippen molar-refractivity contribution in [2.24, 2.45) is 0 Å². The molecule has 3 rings (SSSR count). The van der Waals surface area contributed by atoms with E-state index in [9.17, 15) is 19.7 Å². The van der Waals surface area contributed by atoms with Crippen molar-refractivity contribution in [2.45, 2.75) is 13.1 Å². The van der Waals surface area contributed by atoms with E-state index in [1.165, 1.54) is 12.5 Å². The molecule has 12 heteroatoms. The Morgan fingerprint density at radius 1 is 1.10 bits per heavy atom. The van der Waals surface area contributed by atoms with Crippen LogP contribution in [-0.4, -0.2) is 21.7 Å². The fourth-order valence-corrected chi connectivity index (χ4v) is 2.74. The van der Waals surface area contributed by atoms with E-state index >= 15 is 0 Å². The summed E-state index contributed by atoms with van der Waals surface area (Å²) in [7, 11) is 0. The maximum Gasteiger partial charge on any atom is 0.345 e. The van der Waals surface area contributed by atoms with E-state index in [0.29, 0.717) is 11.5 Å². The van der Waals surface area contributed by atoms with Crippen LogP contribution in [0.1, 0.15) is 11.5 Å². The van der Waals surface area contributed by atoms with E-state index < -0.39 is 16.7 Å². The van der Waals surface area contributed by atoms with Crippen molar-refractivity contribution in [2.75, 3.05) is 5.32 Å². The first-order valence-electron chi connectivity index (χ1n) is 8.21. The SMILES string of the molecule is O=C(NCc1ccco1)C(=CNc1ncc([N+](=O)[O-])s1)C(=O)NCc1ccco1. The number of nitrogens with zero attached hydrogens (tertiary/aromatic N) is 2. The maximum absolute atomic E-state index is 12.5. The van der Waals surface area contributed by atoms with Gasteiger partial charge in [-0.2, -0.15) is 0 Å². The summed E-state index contributed by atoms with van der Waals surface area (Å²) in [6, 6.07) is 6.69. The van der Waals surface area contributed by atoms with E-state index in [1.807, 2.05) is 0 Å². The number of nitrogens with one attached hydrogen (secondary N) is 3. The summed E-state index contributed by atoms with van der Waals surface area (Å²) in [6.45, 7) is 0.161. The molecule has 0 aromatic carbocycles. The van der Waals surface area contributed by atoms with Gasteiger partial charge in [-0.3, -0.25) is 19.7 Å². The zero-order valence-corrected chi connectivity index (χ0v) is 15.6. The van der Waals surface area contributed by atoms with Gasteiger partial charge in [-0.1, -0.05) is 0 Å². The predicted octanol–water partition coefficient (Wildman–Crippen LogP) is 2.17. The quantitative estimate of drug-likeness (QED) is 0.157. The highest BCUT2D eigenvalue weighted by Crippen LogP contribution is 2.25. The molecule has 0 saturated heterocycles. The summed E-state index contributed by atoms with van der Waals surface area (Å²) in [5.41, 5.74) is -0.249. The minimum Gasteiger partial charge on any atom is -0.467 e. The molecule has 0 radical (unpaired) electrons. The van der Waals surface area contributed by atoms with Gasteiger partial charge in [0.2, 0.25) is 0 Å². The highest BCUT2D eigenvalue weighted by molar-refractivity contribution is 7.18. The summed E-state index contributed by atoms with van der Waals surface area (Å²) in [6.07, 6.45) is 5.14. The third-order valence-electron chi connectivity index (χ3n) is 3.51. The Balaban J connectivity index is 1.70. The lowest BCUT2D eigenvalue weighted by Crippen LogP contribution is -2.34. The topological polar surface area (TPSA) is 153 Å².